The zero-order valence-electron chi connectivity index (χ0n) is 9.95. The van der Waals surface area contributed by atoms with E-state index in [4.69, 9.17) is 9.84 Å². The van der Waals surface area contributed by atoms with Gasteiger partial charge in [-0.25, -0.2) is 4.79 Å². The van der Waals surface area contributed by atoms with Gasteiger partial charge in [0.25, 0.3) is 5.56 Å². The maximum absolute atomic E-state index is 12.1. The molecule has 0 saturated heterocycles. The van der Waals surface area contributed by atoms with Crippen molar-refractivity contribution in [2.75, 3.05) is 7.11 Å². The van der Waals surface area contributed by atoms with Crippen molar-refractivity contribution < 1.29 is 14.6 Å². The number of hydrogen-bond donors (Lipinski definition) is 1. The summed E-state index contributed by atoms with van der Waals surface area (Å²) in [6.07, 6.45) is 2.94. The second-order valence-corrected chi connectivity index (χ2v) is 3.85. The van der Waals surface area contributed by atoms with Crippen molar-refractivity contribution in [3.05, 3.63) is 34.9 Å². The molecule has 0 amide bonds. The number of nitrogens with zero attached hydrogens (tertiary/aromatic N) is 2. The van der Waals surface area contributed by atoms with Crippen LogP contribution in [0.25, 0.3) is 10.9 Å². The van der Waals surface area contributed by atoms with E-state index in [1.165, 1.54) is 26.4 Å². The molecule has 0 radical (unpaired) electrons. The number of hydrogen-bond acceptors (Lipinski definition) is 4. The molecule has 0 aliphatic rings. The minimum atomic E-state index is -1.06. The Balaban J connectivity index is 2.69. The molecule has 2 aromatic heterocycles. The first-order valence-corrected chi connectivity index (χ1v) is 5.32. The van der Waals surface area contributed by atoms with E-state index in [-0.39, 0.29) is 0 Å². The Bertz CT molecular complexity index is 663. The van der Waals surface area contributed by atoms with E-state index in [1.807, 2.05) is 0 Å². The molecule has 94 valence electrons. The van der Waals surface area contributed by atoms with Gasteiger partial charge >= 0.3 is 5.97 Å². The smallest absolute Gasteiger partial charge is 0.326 e. The van der Waals surface area contributed by atoms with Crippen molar-refractivity contribution in [2.24, 2.45) is 0 Å². The summed E-state index contributed by atoms with van der Waals surface area (Å²) in [5, 5.41) is 9.27. The SMILES string of the molecule is COc1cnc2ccn(C(C)C(=O)O)c(=O)c2c1. The highest BCUT2D eigenvalue weighted by Crippen LogP contribution is 2.15. The van der Waals surface area contributed by atoms with Gasteiger partial charge in [0.2, 0.25) is 0 Å². The van der Waals surface area contributed by atoms with Crippen molar-refractivity contribution in [1.82, 2.24) is 9.55 Å². The van der Waals surface area contributed by atoms with Crippen molar-refractivity contribution in [2.45, 2.75) is 13.0 Å². The van der Waals surface area contributed by atoms with Crippen LogP contribution in [0.1, 0.15) is 13.0 Å². The van der Waals surface area contributed by atoms with E-state index in [0.29, 0.717) is 16.7 Å². The summed E-state index contributed by atoms with van der Waals surface area (Å²) in [6, 6.07) is 2.24. The van der Waals surface area contributed by atoms with Gasteiger partial charge in [0.15, 0.2) is 0 Å². The molecule has 1 unspecified atom stereocenters. The Morgan fingerprint density at radius 1 is 1.56 bits per heavy atom. The van der Waals surface area contributed by atoms with Gasteiger partial charge in [-0.05, 0) is 19.1 Å². The number of aromatic nitrogens is 2. The lowest BCUT2D eigenvalue weighted by molar-refractivity contribution is -0.140. The van der Waals surface area contributed by atoms with Crippen LogP contribution in [0.15, 0.2) is 29.3 Å². The van der Waals surface area contributed by atoms with E-state index in [0.717, 1.165) is 4.57 Å². The van der Waals surface area contributed by atoms with Gasteiger partial charge in [0.1, 0.15) is 11.8 Å². The Morgan fingerprint density at radius 3 is 2.89 bits per heavy atom. The summed E-state index contributed by atoms with van der Waals surface area (Å²) >= 11 is 0. The molecule has 1 N–H and O–H groups in total. The zero-order valence-corrected chi connectivity index (χ0v) is 9.95. The number of fused-ring (bicyclic) bond motifs is 1. The van der Waals surface area contributed by atoms with Crippen LogP contribution in [-0.2, 0) is 4.79 Å². The molecule has 0 aliphatic heterocycles. The van der Waals surface area contributed by atoms with Gasteiger partial charge in [0, 0.05) is 6.20 Å². The zero-order chi connectivity index (χ0) is 13.3. The molecule has 2 heterocycles. The van der Waals surface area contributed by atoms with Crippen molar-refractivity contribution >= 4 is 16.9 Å². The first-order valence-electron chi connectivity index (χ1n) is 5.32. The minimum absolute atomic E-state index is 0.338. The van der Waals surface area contributed by atoms with Crippen LogP contribution in [0.2, 0.25) is 0 Å². The molecule has 0 aliphatic carbocycles. The predicted molar refractivity (Wildman–Crippen MR) is 64.9 cm³/mol. The molecule has 18 heavy (non-hydrogen) atoms. The third kappa shape index (κ3) is 1.92. The first kappa shape index (κ1) is 12.1. The van der Waals surface area contributed by atoms with E-state index in [2.05, 4.69) is 4.98 Å². The van der Waals surface area contributed by atoms with Gasteiger partial charge in [-0.2, -0.15) is 0 Å². The lowest BCUT2D eigenvalue weighted by Gasteiger charge is -2.11. The fraction of sp³-hybridized carbons (Fsp3) is 0.250. The lowest BCUT2D eigenvalue weighted by Crippen LogP contribution is -2.27. The van der Waals surface area contributed by atoms with Crippen molar-refractivity contribution in [1.29, 1.82) is 0 Å². The van der Waals surface area contributed by atoms with Gasteiger partial charge in [-0.15, -0.1) is 0 Å². The molecule has 0 spiro atoms. The summed E-state index contributed by atoms with van der Waals surface area (Å²) in [4.78, 5) is 27.1. The highest BCUT2D eigenvalue weighted by Gasteiger charge is 2.16. The molecule has 0 bridgehead atoms. The normalized spacial score (nSPS) is 12.3. The third-order valence-electron chi connectivity index (χ3n) is 2.76. The van der Waals surface area contributed by atoms with Crippen LogP contribution in [-0.4, -0.2) is 27.7 Å². The molecular formula is C12H12N2O4. The first-order chi connectivity index (χ1) is 8.54. The average Bonchev–Trinajstić information content (AvgIpc) is 2.38. The third-order valence-corrected chi connectivity index (χ3v) is 2.76. The van der Waals surface area contributed by atoms with Crippen LogP contribution in [0, 0.1) is 0 Å². The fourth-order valence-corrected chi connectivity index (χ4v) is 1.65. The summed E-state index contributed by atoms with van der Waals surface area (Å²) in [7, 11) is 1.48. The second kappa shape index (κ2) is 4.48. The molecule has 6 nitrogen and oxygen atoms in total. The predicted octanol–water partition coefficient (Wildman–Crippen LogP) is 1.05. The average molecular weight is 248 g/mol. The van der Waals surface area contributed by atoms with Crippen LogP contribution in [0.5, 0.6) is 5.75 Å². The Morgan fingerprint density at radius 2 is 2.28 bits per heavy atom. The second-order valence-electron chi connectivity index (χ2n) is 3.85. The number of carbonyl (C=O) groups is 1. The molecule has 0 fully saturated rings. The van der Waals surface area contributed by atoms with Gasteiger partial charge in [-0.3, -0.25) is 9.78 Å². The molecule has 0 saturated carbocycles. The quantitative estimate of drug-likeness (QED) is 0.878. The summed E-state index contributed by atoms with van der Waals surface area (Å²) in [5.41, 5.74) is 0.114. The number of carboxylic acid groups (broad SMARTS) is 1. The maximum atomic E-state index is 12.1. The van der Waals surface area contributed by atoms with E-state index < -0.39 is 17.6 Å². The number of methoxy groups -OCH3 is 1. The monoisotopic (exact) mass is 248 g/mol. The largest absolute Gasteiger partial charge is 0.495 e. The number of rotatable bonds is 3. The van der Waals surface area contributed by atoms with Crippen LogP contribution in [0.3, 0.4) is 0 Å². The summed E-state index contributed by atoms with van der Waals surface area (Å²) in [5.74, 6) is -0.604. The number of pyridine rings is 2. The van der Waals surface area contributed by atoms with Gasteiger partial charge in [0.05, 0.1) is 24.2 Å². The van der Waals surface area contributed by atoms with E-state index >= 15 is 0 Å². The highest BCUT2D eigenvalue weighted by molar-refractivity contribution is 5.79. The molecule has 2 aromatic rings. The van der Waals surface area contributed by atoms with Gasteiger partial charge in [-0.1, -0.05) is 0 Å². The molecule has 0 aromatic carbocycles. The molecular weight excluding hydrogens is 236 g/mol. The molecule has 1 atom stereocenters. The summed E-state index contributed by atoms with van der Waals surface area (Å²) < 4.78 is 6.16. The Hall–Kier alpha value is -2.37. The minimum Gasteiger partial charge on any atom is -0.495 e. The maximum Gasteiger partial charge on any atom is 0.326 e. The van der Waals surface area contributed by atoms with Crippen molar-refractivity contribution in [3.8, 4) is 5.75 Å². The molecule has 2 rings (SSSR count). The topological polar surface area (TPSA) is 81.4 Å². The van der Waals surface area contributed by atoms with Crippen LogP contribution in [0.4, 0.5) is 0 Å². The fourth-order valence-electron chi connectivity index (χ4n) is 1.65. The molecule has 6 heteroatoms. The van der Waals surface area contributed by atoms with E-state index in [9.17, 15) is 9.59 Å². The highest BCUT2D eigenvalue weighted by atomic mass is 16.5. The standard InChI is InChI=1S/C12H12N2O4/c1-7(12(16)17)14-4-3-10-9(11(14)15)5-8(18-2)6-13-10/h3-7H,1-2H3,(H,16,17). The number of carboxylic acids is 1. The van der Waals surface area contributed by atoms with Crippen LogP contribution < -0.4 is 10.3 Å². The Labute approximate surface area is 102 Å². The number of ether oxygens (including phenoxy) is 1. The van der Waals surface area contributed by atoms with Gasteiger partial charge < -0.3 is 14.4 Å². The number of aliphatic carboxylic acids is 1. The summed E-state index contributed by atoms with van der Waals surface area (Å²) in [6.45, 7) is 1.45. The van der Waals surface area contributed by atoms with Crippen molar-refractivity contribution in [3.63, 3.8) is 0 Å². The van der Waals surface area contributed by atoms with E-state index in [1.54, 1.807) is 12.1 Å². The Kier molecular flexibility index (Phi) is 3.01. The lowest BCUT2D eigenvalue weighted by atomic mass is 10.2. The van der Waals surface area contributed by atoms with Crippen LogP contribution >= 0.6 is 0 Å².